The van der Waals surface area contributed by atoms with Gasteiger partial charge in [0.05, 0.1) is 5.02 Å². The minimum absolute atomic E-state index is 0.164. The van der Waals surface area contributed by atoms with Crippen LogP contribution in [-0.2, 0) is 6.42 Å². The third-order valence-electron chi connectivity index (χ3n) is 3.30. The van der Waals surface area contributed by atoms with E-state index in [2.05, 4.69) is 31.2 Å². The molecule has 0 fully saturated rings. The molecule has 0 aliphatic heterocycles. The lowest BCUT2D eigenvalue weighted by molar-refractivity contribution is 0.625. The summed E-state index contributed by atoms with van der Waals surface area (Å²) in [5.41, 5.74) is 9.28. The van der Waals surface area contributed by atoms with Gasteiger partial charge in [-0.1, -0.05) is 47.5 Å². The first-order valence-corrected chi connectivity index (χ1v) is 6.68. The zero-order valence-electron chi connectivity index (χ0n) is 10.9. The monoisotopic (exact) mass is 277 g/mol. The summed E-state index contributed by atoms with van der Waals surface area (Å²) in [6.07, 6.45) is 0.763. The summed E-state index contributed by atoms with van der Waals surface area (Å²) < 4.78 is 13.1. The predicted octanol–water partition coefficient (Wildman–Crippen LogP) is 4.07. The van der Waals surface area contributed by atoms with Crippen LogP contribution in [0.25, 0.3) is 0 Å². The van der Waals surface area contributed by atoms with E-state index in [-0.39, 0.29) is 16.8 Å². The SMILES string of the molecule is Cc1ccc(C(CN)Cc2ccc(F)c(Cl)c2)cc1. The highest BCUT2D eigenvalue weighted by molar-refractivity contribution is 6.30. The maximum atomic E-state index is 13.1. The quantitative estimate of drug-likeness (QED) is 0.896. The first-order chi connectivity index (χ1) is 9.10. The van der Waals surface area contributed by atoms with Crippen molar-refractivity contribution in [3.05, 3.63) is 70.0 Å². The molecule has 0 spiro atoms. The summed E-state index contributed by atoms with van der Waals surface area (Å²) in [5, 5.41) is 0.164. The van der Waals surface area contributed by atoms with Crippen molar-refractivity contribution in [3.8, 4) is 0 Å². The Labute approximate surface area is 118 Å². The summed E-state index contributed by atoms with van der Waals surface area (Å²) in [6.45, 7) is 2.61. The molecule has 0 aromatic heterocycles. The number of rotatable bonds is 4. The lowest BCUT2D eigenvalue weighted by atomic mass is 9.91. The fourth-order valence-corrected chi connectivity index (χ4v) is 2.33. The van der Waals surface area contributed by atoms with Gasteiger partial charge in [0, 0.05) is 5.92 Å². The average Bonchev–Trinajstić information content (AvgIpc) is 2.41. The molecule has 2 rings (SSSR count). The number of hydrogen-bond donors (Lipinski definition) is 1. The van der Waals surface area contributed by atoms with Crippen LogP contribution >= 0.6 is 11.6 Å². The van der Waals surface area contributed by atoms with Crippen molar-refractivity contribution in [2.24, 2.45) is 5.73 Å². The van der Waals surface area contributed by atoms with Gasteiger partial charge in [-0.15, -0.1) is 0 Å². The van der Waals surface area contributed by atoms with E-state index < -0.39 is 0 Å². The van der Waals surface area contributed by atoms with Gasteiger partial charge in [-0.25, -0.2) is 4.39 Å². The molecule has 3 heteroatoms. The number of nitrogens with two attached hydrogens (primary N) is 1. The number of halogens is 2. The predicted molar refractivity (Wildman–Crippen MR) is 78.1 cm³/mol. The van der Waals surface area contributed by atoms with Gasteiger partial charge in [0.15, 0.2) is 0 Å². The molecule has 1 unspecified atom stereocenters. The molecule has 19 heavy (non-hydrogen) atoms. The molecule has 2 N–H and O–H groups in total. The highest BCUT2D eigenvalue weighted by atomic mass is 35.5. The van der Waals surface area contributed by atoms with Crippen LogP contribution in [0.1, 0.15) is 22.6 Å². The van der Waals surface area contributed by atoms with Crippen molar-refractivity contribution < 1.29 is 4.39 Å². The van der Waals surface area contributed by atoms with E-state index in [1.165, 1.54) is 17.2 Å². The molecular weight excluding hydrogens is 261 g/mol. The molecule has 0 saturated heterocycles. The lowest BCUT2D eigenvalue weighted by Crippen LogP contribution is -2.15. The van der Waals surface area contributed by atoms with Gasteiger partial charge in [0.2, 0.25) is 0 Å². The second-order valence-corrected chi connectivity index (χ2v) is 5.20. The van der Waals surface area contributed by atoms with Crippen LogP contribution in [0.2, 0.25) is 5.02 Å². The van der Waals surface area contributed by atoms with E-state index in [1.807, 2.05) is 0 Å². The van der Waals surface area contributed by atoms with Gasteiger partial charge in [-0.3, -0.25) is 0 Å². The van der Waals surface area contributed by atoms with Crippen molar-refractivity contribution in [2.45, 2.75) is 19.3 Å². The molecule has 100 valence electrons. The smallest absolute Gasteiger partial charge is 0.141 e. The Hall–Kier alpha value is -1.38. The molecule has 0 radical (unpaired) electrons. The number of benzene rings is 2. The molecule has 0 aliphatic rings. The van der Waals surface area contributed by atoms with Gasteiger partial charge in [0.1, 0.15) is 5.82 Å². The van der Waals surface area contributed by atoms with Crippen molar-refractivity contribution in [1.82, 2.24) is 0 Å². The Bertz CT molecular complexity index is 551. The topological polar surface area (TPSA) is 26.0 Å². The molecule has 1 nitrogen and oxygen atoms in total. The summed E-state index contributed by atoms with van der Waals surface area (Å²) >= 11 is 5.80. The molecule has 1 atom stereocenters. The highest BCUT2D eigenvalue weighted by Gasteiger charge is 2.11. The van der Waals surface area contributed by atoms with Crippen LogP contribution in [0.3, 0.4) is 0 Å². The average molecular weight is 278 g/mol. The maximum Gasteiger partial charge on any atom is 0.141 e. The Morgan fingerprint density at radius 1 is 1.16 bits per heavy atom. The summed E-state index contributed by atoms with van der Waals surface area (Å²) in [6, 6.07) is 13.2. The normalized spacial score (nSPS) is 12.4. The molecule has 0 heterocycles. The minimum Gasteiger partial charge on any atom is -0.330 e. The highest BCUT2D eigenvalue weighted by Crippen LogP contribution is 2.23. The largest absolute Gasteiger partial charge is 0.330 e. The summed E-state index contributed by atoms with van der Waals surface area (Å²) in [5.74, 6) is -0.160. The van der Waals surface area contributed by atoms with Crippen LogP contribution in [0.15, 0.2) is 42.5 Å². The van der Waals surface area contributed by atoms with Crippen LogP contribution in [0.5, 0.6) is 0 Å². The fourth-order valence-electron chi connectivity index (χ4n) is 2.13. The number of aryl methyl sites for hydroxylation is 1. The Morgan fingerprint density at radius 3 is 2.42 bits per heavy atom. The van der Waals surface area contributed by atoms with Crippen LogP contribution in [0, 0.1) is 12.7 Å². The molecule has 0 aliphatic carbocycles. The number of hydrogen-bond acceptors (Lipinski definition) is 1. The summed E-state index contributed by atoms with van der Waals surface area (Å²) in [7, 11) is 0. The van der Waals surface area contributed by atoms with Gasteiger partial charge in [0.25, 0.3) is 0 Å². The summed E-state index contributed by atoms with van der Waals surface area (Å²) in [4.78, 5) is 0. The van der Waals surface area contributed by atoms with Crippen molar-refractivity contribution >= 4 is 11.6 Å². The molecule has 0 amide bonds. The third-order valence-corrected chi connectivity index (χ3v) is 3.59. The molecule has 0 saturated carbocycles. The fraction of sp³-hybridized carbons (Fsp3) is 0.250. The Balaban J connectivity index is 2.18. The van der Waals surface area contributed by atoms with Crippen molar-refractivity contribution in [1.29, 1.82) is 0 Å². The van der Waals surface area contributed by atoms with E-state index in [4.69, 9.17) is 17.3 Å². The van der Waals surface area contributed by atoms with Crippen LogP contribution in [0.4, 0.5) is 4.39 Å². The second-order valence-electron chi connectivity index (χ2n) is 4.80. The minimum atomic E-state index is -0.384. The van der Waals surface area contributed by atoms with Gasteiger partial charge < -0.3 is 5.73 Å². The van der Waals surface area contributed by atoms with E-state index in [0.717, 1.165) is 12.0 Å². The third kappa shape index (κ3) is 3.55. The van der Waals surface area contributed by atoms with Crippen LogP contribution in [-0.4, -0.2) is 6.54 Å². The van der Waals surface area contributed by atoms with Crippen molar-refractivity contribution in [3.63, 3.8) is 0 Å². The molecule has 0 bridgehead atoms. The van der Waals surface area contributed by atoms with Gasteiger partial charge in [-0.05, 0) is 43.1 Å². The molecular formula is C16H17ClFN. The van der Waals surface area contributed by atoms with Gasteiger partial charge in [-0.2, -0.15) is 0 Å². The zero-order valence-corrected chi connectivity index (χ0v) is 11.6. The molecule has 2 aromatic rings. The van der Waals surface area contributed by atoms with Crippen molar-refractivity contribution in [2.75, 3.05) is 6.54 Å². The van der Waals surface area contributed by atoms with E-state index >= 15 is 0 Å². The molecule has 2 aromatic carbocycles. The standard InChI is InChI=1S/C16H17ClFN/c1-11-2-5-13(6-3-11)14(10-19)8-12-4-7-16(18)15(17)9-12/h2-7,9,14H,8,10,19H2,1H3. The Morgan fingerprint density at radius 2 is 1.84 bits per heavy atom. The first-order valence-electron chi connectivity index (χ1n) is 6.30. The van der Waals surface area contributed by atoms with E-state index in [0.29, 0.717) is 6.54 Å². The zero-order chi connectivity index (χ0) is 13.8. The maximum absolute atomic E-state index is 13.1. The van der Waals surface area contributed by atoms with E-state index in [1.54, 1.807) is 12.1 Å². The van der Waals surface area contributed by atoms with E-state index in [9.17, 15) is 4.39 Å². The lowest BCUT2D eigenvalue weighted by Gasteiger charge is -2.16. The first kappa shape index (κ1) is 14.0. The van der Waals surface area contributed by atoms with Gasteiger partial charge >= 0.3 is 0 Å². The van der Waals surface area contributed by atoms with Crippen LogP contribution < -0.4 is 5.73 Å². The second kappa shape index (κ2) is 6.18. The Kier molecular flexibility index (Phi) is 4.56.